The lowest BCUT2D eigenvalue weighted by Crippen LogP contribution is -2.34. The summed E-state index contributed by atoms with van der Waals surface area (Å²) in [6, 6.07) is 0. The second-order valence-corrected chi connectivity index (χ2v) is 6.68. The molecule has 1 fully saturated rings. The molecule has 0 radical (unpaired) electrons. The molecule has 0 bridgehead atoms. The van der Waals surface area contributed by atoms with Crippen LogP contribution in [0.1, 0.15) is 40.0 Å². The van der Waals surface area contributed by atoms with E-state index in [4.69, 9.17) is 4.74 Å². The number of hydrogen-bond donors (Lipinski definition) is 0. The Morgan fingerprint density at radius 3 is 2.82 bits per heavy atom. The number of rotatable bonds is 2. The molecule has 0 aliphatic heterocycles. The number of ether oxygens (including phenoxy) is 1. The van der Waals surface area contributed by atoms with Gasteiger partial charge in [-0.05, 0) is 46.5 Å². The van der Waals surface area contributed by atoms with E-state index in [-0.39, 0.29) is 6.10 Å². The molecule has 2 unspecified atom stereocenters. The van der Waals surface area contributed by atoms with Crippen LogP contribution in [0.15, 0.2) is 17.0 Å². The maximum absolute atomic E-state index is 5.99. The molecule has 1 aromatic rings. The molecule has 0 spiro atoms. The lowest BCUT2D eigenvalue weighted by Gasteiger charge is -2.38. The molecular weight excluding hydrogens is 280 g/mol. The highest BCUT2D eigenvalue weighted by molar-refractivity contribution is 9.10. The smallest absolute Gasteiger partial charge is 0.231 e. The van der Waals surface area contributed by atoms with Crippen molar-refractivity contribution in [3.8, 4) is 5.88 Å². The van der Waals surface area contributed by atoms with Crippen LogP contribution >= 0.6 is 15.9 Å². The molecule has 3 nitrogen and oxygen atoms in total. The van der Waals surface area contributed by atoms with Crippen molar-refractivity contribution in [1.82, 2.24) is 9.97 Å². The molecule has 94 valence electrons. The van der Waals surface area contributed by atoms with E-state index in [1.165, 1.54) is 12.7 Å². The van der Waals surface area contributed by atoms with Gasteiger partial charge in [-0.2, -0.15) is 0 Å². The van der Waals surface area contributed by atoms with E-state index in [9.17, 15) is 0 Å². The molecule has 0 saturated heterocycles. The van der Waals surface area contributed by atoms with Crippen LogP contribution in [0.25, 0.3) is 0 Å². The Hall–Kier alpha value is -0.640. The van der Waals surface area contributed by atoms with Gasteiger partial charge in [0, 0.05) is 6.20 Å². The number of halogens is 1. The van der Waals surface area contributed by atoms with Crippen molar-refractivity contribution in [2.45, 2.75) is 46.1 Å². The van der Waals surface area contributed by atoms with E-state index in [0.29, 0.717) is 17.2 Å². The minimum absolute atomic E-state index is 0.264. The van der Waals surface area contributed by atoms with Gasteiger partial charge >= 0.3 is 0 Å². The quantitative estimate of drug-likeness (QED) is 0.832. The monoisotopic (exact) mass is 298 g/mol. The fourth-order valence-electron chi connectivity index (χ4n) is 2.89. The minimum atomic E-state index is 0.264. The van der Waals surface area contributed by atoms with Crippen LogP contribution in [0.2, 0.25) is 0 Å². The Morgan fingerprint density at radius 1 is 1.41 bits per heavy atom. The Labute approximate surface area is 111 Å². The normalized spacial score (nSPS) is 27.8. The number of aromatic nitrogens is 2. The van der Waals surface area contributed by atoms with Crippen LogP contribution in [0.5, 0.6) is 5.88 Å². The molecule has 1 saturated carbocycles. The molecule has 2 rings (SSSR count). The van der Waals surface area contributed by atoms with Crippen molar-refractivity contribution in [3.05, 3.63) is 17.0 Å². The molecule has 0 N–H and O–H groups in total. The van der Waals surface area contributed by atoms with Crippen molar-refractivity contribution in [3.63, 3.8) is 0 Å². The fraction of sp³-hybridized carbons (Fsp3) is 0.692. The highest BCUT2D eigenvalue weighted by atomic mass is 79.9. The lowest BCUT2D eigenvalue weighted by atomic mass is 9.71. The average Bonchev–Trinajstić information content (AvgIpc) is 2.18. The first-order valence-corrected chi connectivity index (χ1v) is 6.88. The Bertz CT molecular complexity index is 395. The van der Waals surface area contributed by atoms with Crippen LogP contribution in [0.4, 0.5) is 0 Å². The molecule has 1 aliphatic carbocycles. The summed E-state index contributed by atoms with van der Waals surface area (Å²) in [6.07, 6.45) is 6.99. The zero-order chi connectivity index (χ0) is 12.5. The van der Waals surface area contributed by atoms with Crippen molar-refractivity contribution in [2.75, 3.05) is 0 Å². The average molecular weight is 299 g/mol. The van der Waals surface area contributed by atoms with Crippen LogP contribution < -0.4 is 4.74 Å². The second kappa shape index (κ2) is 4.92. The summed E-state index contributed by atoms with van der Waals surface area (Å²) < 4.78 is 6.82. The lowest BCUT2D eigenvalue weighted by molar-refractivity contribution is 0.0526. The largest absolute Gasteiger partial charge is 0.473 e. The molecule has 4 heteroatoms. The van der Waals surface area contributed by atoms with Gasteiger partial charge in [-0.3, -0.25) is 0 Å². The van der Waals surface area contributed by atoms with Crippen LogP contribution in [-0.4, -0.2) is 16.1 Å². The Morgan fingerprint density at radius 2 is 2.18 bits per heavy atom. The van der Waals surface area contributed by atoms with E-state index < -0.39 is 0 Å². The van der Waals surface area contributed by atoms with Gasteiger partial charge in [0.15, 0.2) is 0 Å². The third-order valence-corrected chi connectivity index (χ3v) is 3.80. The van der Waals surface area contributed by atoms with Gasteiger partial charge in [0.25, 0.3) is 0 Å². The molecule has 1 aromatic heterocycles. The standard InChI is InChI=1S/C13H19BrN2O/c1-9-4-10(6-13(2,3)5-9)17-12-11(14)7-15-8-16-12/h7-10H,4-6H2,1-3H3. The van der Waals surface area contributed by atoms with E-state index in [1.54, 1.807) is 6.20 Å². The van der Waals surface area contributed by atoms with Crippen molar-refractivity contribution in [2.24, 2.45) is 11.3 Å². The molecule has 2 atom stereocenters. The first-order valence-electron chi connectivity index (χ1n) is 6.08. The first-order chi connectivity index (χ1) is 7.96. The third kappa shape index (κ3) is 3.41. The summed E-state index contributed by atoms with van der Waals surface area (Å²) in [5.74, 6) is 1.37. The summed E-state index contributed by atoms with van der Waals surface area (Å²) in [5.41, 5.74) is 0.363. The van der Waals surface area contributed by atoms with Crippen molar-refractivity contribution in [1.29, 1.82) is 0 Å². The summed E-state index contributed by atoms with van der Waals surface area (Å²) in [5, 5.41) is 0. The molecule has 1 heterocycles. The second-order valence-electron chi connectivity index (χ2n) is 5.83. The van der Waals surface area contributed by atoms with Gasteiger partial charge in [-0.25, -0.2) is 9.97 Å². The highest BCUT2D eigenvalue weighted by Crippen LogP contribution is 2.40. The summed E-state index contributed by atoms with van der Waals surface area (Å²) >= 11 is 3.42. The van der Waals surface area contributed by atoms with Gasteiger partial charge in [-0.1, -0.05) is 20.8 Å². The highest BCUT2D eigenvalue weighted by Gasteiger charge is 2.33. The number of nitrogens with zero attached hydrogens (tertiary/aromatic N) is 2. The third-order valence-electron chi connectivity index (χ3n) is 3.26. The molecule has 0 amide bonds. The van der Waals surface area contributed by atoms with E-state index in [1.807, 2.05) is 0 Å². The van der Waals surface area contributed by atoms with Gasteiger partial charge in [0.2, 0.25) is 5.88 Å². The fourth-order valence-corrected chi connectivity index (χ4v) is 3.21. The molecule has 17 heavy (non-hydrogen) atoms. The molecule has 0 aromatic carbocycles. The maximum atomic E-state index is 5.99. The zero-order valence-electron chi connectivity index (χ0n) is 10.6. The SMILES string of the molecule is CC1CC(Oc2ncncc2Br)CC(C)(C)C1. The van der Waals surface area contributed by atoms with Gasteiger partial charge in [0.1, 0.15) is 12.4 Å². The van der Waals surface area contributed by atoms with Crippen LogP contribution in [0.3, 0.4) is 0 Å². The van der Waals surface area contributed by atoms with Gasteiger partial charge < -0.3 is 4.74 Å². The van der Waals surface area contributed by atoms with Crippen LogP contribution in [0, 0.1) is 11.3 Å². The molecule has 1 aliphatic rings. The van der Waals surface area contributed by atoms with E-state index in [0.717, 1.165) is 17.3 Å². The van der Waals surface area contributed by atoms with Gasteiger partial charge in [-0.15, -0.1) is 0 Å². The topological polar surface area (TPSA) is 35.0 Å². The first kappa shape index (κ1) is 12.8. The van der Waals surface area contributed by atoms with E-state index in [2.05, 4.69) is 46.7 Å². The minimum Gasteiger partial charge on any atom is -0.473 e. The van der Waals surface area contributed by atoms with E-state index >= 15 is 0 Å². The Kier molecular flexibility index (Phi) is 3.71. The summed E-state index contributed by atoms with van der Waals surface area (Å²) in [4.78, 5) is 8.11. The maximum Gasteiger partial charge on any atom is 0.231 e. The summed E-state index contributed by atoms with van der Waals surface area (Å²) in [6.45, 7) is 6.92. The predicted molar refractivity (Wildman–Crippen MR) is 70.9 cm³/mol. The number of hydrogen-bond acceptors (Lipinski definition) is 3. The van der Waals surface area contributed by atoms with Crippen molar-refractivity contribution < 1.29 is 4.74 Å². The van der Waals surface area contributed by atoms with Crippen molar-refractivity contribution >= 4 is 15.9 Å². The van der Waals surface area contributed by atoms with Crippen LogP contribution in [-0.2, 0) is 0 Å². The van der Waals surface area contributed by atoms with Gasteiger partial charge in [0.05, 0.1) is 4.47 Å². The predicted octanol–water partition coefficient (Wildman–Crippen LogP) is 3.83. The molecular formula is C13H19BrN2O. The zero-order valence-corrected chi connectivity index (χ0v) is 12.2. The Balaban J connectivity index is 2.06. The summed E-state index contributed by atoms with van der Waals surface area (Å²) in [7, 11) is 0.